The summed E-state index contributed by atoms with van der Waals surface area (Å²) in [5, 5.41) is 15.9. The number of benzene rings is 2. The van der Waals surface area contributed by atoms with Crippen LogP contribution >= 0.6 is 15.9 Å². The number of methoxy groups -OCH3 is 1. The Hall–Kier alpha value is -3.27. The maximum Gasteiger partial charge on any atom is 0.307 e. The second kappa shape index (κ2) is 10.3. The second-order valence-electron chi connectivity index (χ2n) is 5.95. The number of halogens is 1. The summed E-state index contributed by atoms with van der Waals surface area (Å²) in [5.74, 6) is -1.66. The minimum atomic E-state index is -0.651. The fourth-order valence-corrected chi connectivity index (χ4v) is 2.91. The molecule has 10 heteroatoms. The molecule has 0 fully saturated rings. The molecule has 2 aromatic carbocycles. The van der Waals surface area contributed by atoms with Gasteiger partial charge in [0.15, 0.2) is 0 Å². The zero-order valence-electron chi connectivity index (χ0n) is 15.4. The highest BCUT2D eigenvalue weighted by Gasteiger charge is 2.20. The van der Waals surface area contributed by atoms with Crippen molar-refractivity contribution >= 4 is 39.4 Å². The predicted molar refractivity (Wildman–Crippen MR) is 107 cm³/mol. The molecule has 0 bridgehead atoms. The molecule has 0 aliphatic rings. The maximum atomic E-state index is 12.3. The van der Waals surface area contributed by atoms with Gasteiger partial charge in [-0.2, -0.15) is 0 Å². The fourth-order valence-electron chi connectivity index (χ4n) is 2.49. The van der Waals surface area contributed by atoms with Gasteiger partial charge >= 0.3 is 5.97 Å². The van der Waals surface area contributed by atoms with E-state index in [1.54, 1.807) is 24.3 Å². The van der Waals surface area contributed by atoms with E-state index in [0.717, 1.165) is 10.5 Å². The molecule has 0 saturated carbocycles. The smallest absolute Gasteiger partial charge is 0.307 e. The van der Waals surface area contributed by atoms with Crippen molar-refractivity contribution in [3.05, 3.63) is 74.2 Å². The Morgan fingerprint density at radius 1 is 1.17 bits per heavy atom. The first kappa shape index (κ1) is 22.0. The summed E-state index contributed by atoms with van der Waals surface area (Å²) in [4.78, 5) is 46.3. The summed E-state index contributed by atoms with van der Waals surface area (Å²) in [6.07, 6.45) is -0.0858. The van der Waals surface area contributed by atoms with Crippen LogP contribution < -0.4 is 10.6 Å². The lowest BCUT2D eigenvalue weighted by molar-refractivity contribution is -0.384. The van der Waals surface area contributed by atoms with E-state index in [2.05, 4.69) is 31.3 Å². The number of esters is 1. The van der Waals surface area contributed by atoms with E-state index < -0.39 is 28.7 Å². The summed E-state index contributed by atoms with van der Waals surface area (Å²) >= 11 is 3.34. The number of nitrogens with one attached hydrogen (secondary N) is 2. The molecule has 2 N–H and O–H groups in total. The summed E-state index contributed by atoms with van der Waals surface area (Å²) in [5.41, 5.74) is 0.517. The molecule has 0 spiro atoms. The Morgan fingerprint density at radius 3 is 2.55 bits per heavy atom. The van der Waals surface area contributed by atoms with Crippen molar-refractivity contribution in [3.8, 4) is 0 Å². The van der Waals surface area contributed by atoms with Crippen molar-refractivity contribution in [2.75, 3.05) is 13.7 Å². The minimum absolute atomic E-state index is 0.0603. The molecule has 0 aliphatic carbocycles. The topological polar surface area (TPSA) is 128 Å². The number of nitro benzene ring substituents is 1. The number of amides is 2. The molecule has 29 heavy (non-hydrogen) atoms. The molecule has 2 amide bonds. The predicted octanol–water partition coefficient (Wildman–Crippen LogP) is 2.51. The summed E-state index contributed by atoms with van der Waals surface area (Å²) in [6.45, 7) is -0.368. The van der Waals surface area contributed by atoms with E-state index >= 15 is 0 Å². The molecule has 2 aromatic rings. The van der Waals surface area contributed by atoms with Crippen LogP contribution in [-0.2, 0) is 14.3 Å². The Bertz CT molecular complexity index is 934. The standard InChI is InChI=1S/C19H18BrN3O6/c1-29-18(25)10-16(12-4-2-6-14(20)8-12)22-17(24)11-21-19(26)13-5-3-7-15(9-13)23(27)28/h2-9,16H,10-11H2,1H3,(H,21,26)(H,22,24)/t16-/m1/s1. The van der Waals surface area contributed by atoms with E-state index in [-0.39, 0.29) is 24.2 Å². The maximum absolute atomic E-state index is 12.3. The molecule has 9 nitrogen and oxygen atoms in total. The molecule has 0 radical (unpaired) electrons. The third-order valence-corrected chi connectivity index (χ3v) is 4.41. The SMILES string of the molecule is COC(=O)C[C@@H](NC(=O)CNC(=O)c1cccc([N+](=O)[O-])c1)c1cccc(Br)c1. The number of nitro groups is 1. The van der Waals surface area contributed by atoms with Gasteiger partial charge in [-0.1, -0.05) is 34.1 Å². The lowest BCUT2D eigenvalue weighted by atomic mass is 10.0. The number of rotatable bonds is 8. The molecule has 0 heterocycles. The average molecular weight is 464 g/mol. The number of carbonyl (C=O) groups excluding carboxylic acids is 3. The first-order valence-corrected chi connectivity index (χ1v) is 9.23. The molecular weight excluding hydrogens is 446 g/mol. The average Bonchev–Trinajstić information content (AvgIpc) is 2.71. The van der Waals surface area contributed by atoms with Crippen LogP contribution in [0, 0.1) is 10.1 Å². The first-order chi connectivity index (χ1) is 13.8. The second-order valence-corrected chi connectivity index (χ2v) is 6.86. The van der Waals surface area contributed by atoms with Crippen LogP contribution in [0.2, 0.25) is 0 Å². The minimum Gasteiger partial charge on any atom is -0.469 e. The Labute approximate surface area is 174 Å². The highest BCUT2D eigenvalue weighted by atomic mass is 79.9. The van der Waals surface area contributed by atoms with Crippen molar-refractivity contribution in [2.24, 2.45) is 0 Å². The Kier molecular flexibility index (Phi) is 7.84. The quantitative estimate of drug-likeness (QED) is 0.351. The van der Waals surface area contributed by atoms with Gasteiger partial charge in [0.05, 0.1) is 31.0 Å². The van der Waals surface area contributed by atoms with Crippen LogP contribution in [0.25, 0.3) is 0 Å². The van der Waals surface area contributed by atoms with Crippen molar-refractivity contribution < 1.29 is 24.0 Å². The third-order valence-electron chi connectivity index (χ3n) is 3.91. The van der Waals surface area contributed by atoms with Crippen LogP contribution in [-0.4, -0.2) is 36.4 Å². The van der Waals surface area contributed by atoms with E-state index in [1.807, 2.05) is 0 Å². The fraction of sp³-hybridized carbons (Fsp3) is 0.211. The summed E-state index contributed by atoms with van der Waals surface area (Å²) in [6, 6.07) is 11.6. The van der Waals surface area contributed by atoms with Crippen LogP contribution in [0.5, 0.6) is 0 Å². The van der Waals surface area contributed by atoms with Gasteiger partial charge in [0.2, 0.25) is 5.91 Å². The molecule has 0 aromatic heterocycles. The third kappa shape index (κ3) is 6.68. The van der Waals surface area contributed by atoms with Gasteiger partial charge in [0.1, 0.15) is 0 Å². The van der Waals surface area contributed by atoms with Crippen molar-refractivity contribution in [2.45, 2.75) is 12.5 Å². The monoisotopic (exact) mass is 463 g/mol. The molecule has 0 saturated heterocycles. The van der Waals surface area contributed by atoms with E-state index in [4.69, 9.17) is 0 Å². The van der Waals surface area contributed by atoms with Crippen LogP contribution in [0.15, 0.2) is 53.0 Å². The summed E-state index contributed by atoms with van der Waals surface area (Å²) in [7, 11) is 1.25. The molecule has 2 rings (SSSR count). The zero-order valence-corrected chi connectivity index (χ0v) is 17.0. The van der Waals surface area contributed by atoms with Gasteiger partial charge in [-0.25, -0.2) is 0 Å². The van der Waals surface area contributed by atoms with Crippen molar-refractivity contribution in [1.29, 1.82) is 0 Å². The van der Waals surface area contributed by atoms with Crippen molar-refractivity contribution in [3.63, 3.8) is 0 Å². The van der Waals surface area contributed by atoms with Gasteiger partial charge < -0.3 is 15.4 Å². The lowest BCUT2D eigenvalue weighted by Gasteiger charge is -2.18. The summed E-state index contributed by atoms with van der Waals surface area (Å²) < 4.78 is 5.45. The molecule has 0 aliphatic heterocycles. The Morgan fingerprint density at radius 2 is 1.90 bits per heavy atom. The van der Waals surface area contributed by atoms with E-state index in [9.17, 15) is 24.5 Å². The van der Waals surface area contributed by atoms with Crippen LogP contribution in [0.1, 0.15) is 28.4 Å². The van der Waals surface area contributed by atoms with Gasteiger partial charge in [0.25, 0.3) is 11.6 Å². The number of ether oxygens (including phenoxy) is 1. The van der Waals surface area contributed by atoms with Crippen molar-refractivity contribution in [1.82, 2.24) is 10.6 Å². The molecular formula is C19H18BrN3O6. The highest BCUT2D eigenvalue weighted by Crippen LogP contribution is 2.21. The Balaban J connectivity index is 2.02. The van der Waals surface area contributed by atoms with Gasteiger partial charge in [-0.3, -0.25) is 24.5 Å². The van der Waals surface area contributed by atoms with E-state index in [0.29, 0.717) is 5.56 Å². The normalized spacial score (nSPS) is 11.2. The molecule has 152 valence electrons. The number of non-ortho nitro benzene ring substituents is 1. The lowest BCUT2D eigenvalue weighted by Crippen LogP contribution is -2.39. The zero-order chi connectivity index (χ0) is 21.4. The highest BCUT2D eigenvalue weighted by molar-refractivity contribution is 9.10. The molecule has 1 atom stereocenters. The molecule has 0 unspecified atom stereocenters. The van der Waals surface area contributed by atoms with Crippen LogP contribution in [0.4, 0.5) is 5.69 Å². The van der Waals surface area contributed by atoms with Crippen LogP contribution in [0.3, 0.4) is 0 Å². The van der Waals surface area contributed by atoms with E-state index in [1.165, 1.54) is 25.3 Å². The van der Waals surface area contributed by atoms with Gasteiger partial charge in [-0.15, -0.1) is 0 Å². The largest absolute Gasteiger partial charge is 0.469 e. The number of nitrogens with zero attached hydrogens (tertiary/aromatic N) is 1. The van der Waals surface area contributed by atoms with Gasteiger partial charge in [-0.05, 0) is 23.8 Å². The van der Waals surface area contributed by atoms with Gasteiger partial charge in [0, 0.05) is 22.2 Å². The number of carbonyl (C=O) groups is 3. The number of hydrogen-bond donors (Lipinski definition) is 2. The number of hydrogen-bond acceptors (Lipinski definition) is 6. The first-order valence-electron chi connectivity index (χ1n) is 8.44.